The van der Waals surface area contributed by atoms with Crippen LogP contribution in [0.5, 0.6) is 5.75 Å². The molecule has 2 atom stereocenters. The number of pyridine rings is 1. The zero-order valence-electron chi connectivity index (χ0n) is 21.3. The maximum Gasteiger partial charge on any atom is 0.273 e. The van der Waals surface area contributed by atoms with Crippen molar-refractivity contribution in [1.82, 2.24) is 14.9 Å². The number of ether oxygens (including phenoxy) is 1. The van der Waals surface area contributed by atoms with Crippen LogP contribution in [-0.4, -0.2) is 26.7 Å². The second kappa shape index (κ2) is 10.2. The molecule has 10 heteroatoms. The predicted molar refractivity (Wildman–Crippen MR) is 155 cm³/mol. The van der Waals surface area contributed by atoms with Crippen molar-refractivity contribution in [3.8, 4) is 11.4 Å². The van der Waals surface area contributed by atoms with Crippen molar-refractivity contribution in [2.45, 2.75) is 32.9 Å². The van der Waals surface area contributed by atoms with E-state index in [4.69, 9.17) is 17.0 Å². The quantitative estimate of drug-likeness (QED) is 0.152. The van der Waals surface area contributed by atoms with Crippen molar-refractivity contribution in [2.24, 2.45) is 0 Å². The molecule has 0 spiro atoms. The normalized spacial score (nSPS) is 17.0. The van der Waals surface area contributed by atoms with Gasteiger partial charge in [0.1, 0.15) is 5.75 Å². The van der Waals surface area contributed by atoms with Crippen molar-refractivity contribution in [3.05, 3.63) is 110 Å². The van der Waals surface area contributed by atoms with Crippen LogP contribution < -0.4 is 15.0 Å². The second-order valence-electron chi connectivity index (χ2n) is 9.21. The molecule has 5 rings (SSSR count). The molecule has 4 aromatic rings. The number of methoxy groups -OCH3 is 1. The molecule has 194 valence electrons. The molecule has 1 aliphatic heterocycles. The molecule has 0 radical (unpaired) electrons. The first-order chi connectivity index (χ1) is 18.2. The molecule has 38 heavy (non-hydrogen) atoms. The Morgan fingerprint density at radius 2 is 1.89 bits per heavy atom. The fourth-order valence-electron chi connectivity index (χ4n) is 5.15. The van der Waals surface area contributed by atoms with Gasteiger partial charge in [0.2, 0.25) is 0 Å². The lowest BCUT2D eigenvalue weighted by Gasteiger charge is -2.28. The Bertz CT molecular complexity index is 1560. The van der Waals surface area contributed by atoms with Gasteiger partial charge in [-0.3, -0.25) is 15.1 Å². The number of aryl methyl sites for hydroxylation is 2. The summed E-state index contributed by atoms with van der Waals surface area (Å²) in [7, 11) is 1.52. The summed E-state index contributed by atoms with van der Waals surface area (Å²) in [6.45, 7) is 6.12. The van der Waals surface area contributed by atoms with Gasteiger partial charge in [0.25, 0.3) is 5.69 Å². The molecule has 0 amide bonds. The van der Waals surface area contributed by atoms with Crippen LogP contribution in [0.1, 0.15) is 40.3 Å². The maximum atomic E-state index is 11.4. The molecule has 2 aromatic heterocycles. The summed E-state index contributed by atoms with van der Waals surface area (Å²) < 4.78 is 8.67. The molecule has 1 N–H and O–H groups in total. The number of nitrogens with one attached hydrogen (secondary N) is 1. The van der Waals surface area contributed by atoms with Crippen LogP contribution in [0.2, 0.25) is 0 Å². The van der Waals surface area contributed by atoms with Gasteiger partial charge < -0.3 is 19.5 Å². The zero-order valence-corrected chi connectivity index (χ0v) is 23.7. The first-order valence-electron chi connectivity index (χ1n) is 12.0. The van der Waals surface area contributed by atoms with Crippen LogP contribution in [0, 0.1) is 30.9 Å². The van der Waals surface area contributed by atoms with Crippen molar-refractivity contribution in [2.75, 3.05) is 12.0 Å². The van der Waals surface area contributed by atoms with E-state index in [1.165, 1.54) is 19.2 Å². The van der Waals surface area contributed by atoms with Gasteiger partial charge in [-0.25, -0.2) is 0 Å². The van der Waals surface area contributed by atoms with Gasteiger partial charge in [0.15, 0.2) is 5.11 Å². The van der Waals surface area contributed by atoms with Crippen molar-refractivity contribution >= 4 is 44.6 Å². The Hall–Kier alpha value is -3.76. The minimum absolute atomic E-state index is 0.0226. The molecule has 0 saturated carbocycles. The molecule has 2 aromatic carbocycles. The highest BCUT2D eigenvalue weighted by molar-refractivity contribution is 9.10. The van der Waals surface area contributed by atoms with E-state index in [-0.39, 0.29) is 17.8 Å². The standard InChI is InChI=1S/C28H26BrN5O3S/c1-16-13-19(8-10-22(16)29)33-27(26(31-28(33)38)23-7-5-6-12-30-23)21-14-17(2)32(18(21)3)24-11-9-20(34(35)36)15-25(24)37-4/h5-15,26-27H,1-4H3,(H,31,38)/t26-,27+/m1/s1. The third-order valence-corrected chi connectivity index (χ3v) is 8.13. The van der Waals surface area contributed by atoms with Gasteiger partial charge in [-0.05, 0) is 86.6 Å². The smallest absolute Gasteiger partial charge is 0.273 e. The summed E-state index contributed by atoms with van der Waals surface area (Å²) in [6.07, 6.45) is 1.79. The van der Waals surface area contributed by atoms with Crippen LogP contribution in [0.15, 0.2) is 71.3 Å². The van der Waals surface area contributed by atoms with Gasteiger partial charge in [0, 0.05) is 33.8 Å². The minimum Gasteiger partial charge on any atom is -0.494 e. The lowest BCUT2D eigenvalue weighted by atomic mass is 9.96. The number of hydrogen-bond acceptors (Lipinski definition) is 5. The van der Waals surface area contributed by atoms with Gasteiger partial charge in [-0.1, -0.05) is 22.0 Å². The van der Waals surface area contributed by atoms with Gasteiger partial charge in [-0.2, -0.15) is 0 Å². The zero-order chi connectivity index (χ0) is 27.1. The number of benzene rings is 2. The summed E-state index contributed by atoms with van der Waals surface area (Å²) in [4.78, 5) is 17.7. The molecular weight excluding hydrogens is 566 g/mol. The average molecular weight is 593 g/mol. The molecule has 0 bridgehead atoms. The van der Waals surface area contributed by atoms with Gasteiger partial charge in [-0.15, -0.1) is 0 Å². The fraction of sp³-hybridized carbons (Fsp3) is 0.214. The van der Waals surface area contributed by atoms with Crippen molar-refractivity contribution in [1.29, 1.82) is 0 Å². The lowest BCUT2D eigenvalue weighted by molar-refractivity contribution is -0.384. The largest absolute Gasteiger partial charge is 0.494 e. The van der Waals surface area contributed by atoms with E-state index in [1.54, 1.807) is 12.3 Å². The molecule has 3 heterocycles. The monoisotopic (exact) mass is 591 g/mol. The van der Waals surface area contributed by atoms with Crippen molar-refractivity contribution < 1.29 is 9.66 Å². The molecule has 1 saturated heterocycles. The van der Waals surface area contributed by atoms with Gasteiger partial charge >= 0.3 is 0 Å². The maximum absolute atomic E-state index is 11.4. The number of halogens is 1. The highest BCUT2D eigenvalue weighted by Crippen LogP contribution is 2.45. The SMILES string of the molecule is COc1cc([N+](=O)[O-])ccc1-n1c(C)cc([C@H]2[C@@H](c3ccccn3)NC(=S)N2c2ccc(Br)c(C)c2)c1C. The number of aromatic nitrogens is 2. The number of thiocarbonyl (C=S) groups is 1. The Labute approximate surface area is 234 Å². The van der Waals surface area contributed by atoms with Gasteiger partial charge in [0.05, 0.1) is 41.6 Å². The Balaban J connectivity index is 1.69. The first-order valence-corrected chi connectivity index (χ1v) is 13.2. The average Bonchev–Trinajstić information content (AvgIpc) is 3.40. The van der Waals surface area contributed by atoms with Crippen LogP contribution in [-0.2, 0) is 0 Å². The van der Waals surface area contributed by atoms with E-state index >= 15 is 0 Å². The first kappa shape index (κ1) is 25.9. The van der Waals surface area contributed by atoms with Crippen LogP contribution >= 0.6 is 28.1 Å². The third kappa shape index (κ3) is 4.43. The minimum atomic E-state index is -0.423. The molecule has 0 aliphatic carbocycles. The molecule has 8 nitrogen and oxygen atoms in total. The lowest BCUT2D eigenvalue weighted by Crippen LogP contribution is -2.29. The van der Waals surface area contributed by atoms with E-state index in [9.17, 15) is 10.1 Å². The van der Waals surface area contributed by atoms with E-state index in [0.717, 1.165) is 44.1 Å². The molecule has 1 aliphatic rings. The number of rotatable bonds is 6. The number of anilines is 1. The Morgan fingerprint density at radius 3 is 2.55 bits per heavy atom. The molecular formula is C28H26BrN5O3S. The number of nitrogens with zero attached hydrogens (tertiary/aromatic N) is 4. The highest BCUT2D eigenvalue weighted by atomic mass is 79.9. The number of non-ortho nitro benzene ring substituents is 1. The van der Waals surface area contributed by atoms with Crippen LogP contribution in [0.3, 0.4) is 0 Å². The highest BCUT2D eigenvalue weighted by Gasteiger charge is 2.42. The Morgan fingerprint density at radius 1 is 1.11 bits per heavy atom. The van der Waals surface area contributed by atoms with E-state index in [1.807, 2.05) is 38.1 Å². The van der Waals surface area contributed by atoms with Crippen molar-refractivity contribution in [3.63, 3.8) is 0 Å². The number of nitro benzene ring substituents is 1. The summed E-state index contributed by atoms with van der Waals surface area (Å²) >= 11 is 9.50. The van der Waals surface area contributed by atoms with Crippen LogP contribution in [0.4, 0.5) is 11.4 Å². The Kier molecular flexibility index (Phi) is 6.93. The van der Waals surface area contributed by atoms with E-state index < -0.39 is 4.92 Å². The fourth-order valence-corrected chi connectivity index (χ4v) is 5.74. The topological polar surface area (TPSA) is 85.5 Å². The third-order valence-electron chi connectivity index (χ3n) is 6.92. The summed E-state index contributed by atoms with van der Waals surface area (Å²) in [6, 6.07) is 18.5. The number of hydrogen-bond donors (Lipinski definition) is 1. The summed E-state index contributed by atoms with van der Waals surface area (Å²) in [5, 5.41) is 15.5. The second-order valence-corrected chi connectivity index (χ2v) is 10.4. The van der Waals surface area contributed by atoms with E-state index in [2.05, 4.69) is 60.8 Å². The molecule has 1 fully saturated rings. The molecule has 0 unspecified atom stereocenters. The predicted octanol–water partition coefficient (Wildman–Crippen LogP) is 6.65. The van der Waals surface area contributed by atoms with E-state index in [0.29, 0.717) is 10.9 Å². The summed E-state index contributed by atoms with van der Waals surface area (Å²) in [5.74, 6) is 0.425. The summed E-state index contributed by atoms with van der Waals surface area (Å²) in [5.41, 5.74) is 6.68. The van der Waals surface area contributed by atoms with Crippen LogP contribution in [0.25, 0.3) is 5.69 Å². The number of nitro groups is 1.